The van der Waals surface area contributed by atoms with Crippen molar-refractivity contribution >= 4 is 29.2 Å². The lowest BCUT2D eigenvalue weighted by atomic mass is 10.2. The van der Waals surface area contributed by atoms with Crippen LogP contribution >= 0.6 is 0 Å². The van der Waals surface area contributed by atoms with Gasteiger partial charge in [-0.25, -0.2) is 4.99 Å². The van der Waals surface area contributed by atoms with E-state index in [1.807, 2.05) is 0 Å². The minimum atomic E-state index is -0.363. The Morgan fingerprint density at radius 3 is 2.62 bits per heavy atom. The molecule has 1 heterocycles. The Balaban J connectivity index is 2.15. The van der Waals surface area contributed by atoms with E-state index in [9.17, 15) is 4.79 Å². The quantitative estimate of drug-likeness (QED) is 0.486. The van der Waals surface area contributed by atoms with E-state index < -0.39 is 0 Å². The molecule has 108 valence electrons. The van der Waals surface area contributed by atoms with E-state index in [1.54, 1.807) is 36.4 Å². The van der Waals surface area contributed by atoms with Crippen molar-refractivity contribution in [2.75, 3.05) is 5.32 Å². The molecule has 1 amide bonds. The lowest BCUT2D eigenvalue weighted by molar-refractivity contribution is 0.0996. The van der Waals surface area contributed by atoms with Crippen molar-refractivity contribution < 1.29 is 9.21 Å². The molecular formula is C13H14N6O2. The molecule has 1 aromatic heterocycles. The van der Waals surface area contributed by atoms with Crippen molar-refractivity contribution in [2.24, 2.45) is 27.2 Å². The largest absolute Gasteiger partial charge is 0.459 e. The molecule has 0 saturated heterocycles. The Hall–Kier alpha value is -3.29. The van der Waals surface area contributed by atoms with E-state index in [2.05, 4.69) is 15.3 Å². The summed E-state index contributed by atoms with van der Waals surface area (Å²) in [4.78, 5) is 19.4. The van der Waals surface area contributed by atoms with Gasteiger partial charge in [-0.2, -0.15) is 4.99 Å². The van der Waals surface area contributed by atoms with Gasteiger partial charge in [0, 0.05) is 5.69 Å². The van der Waals surface area contributed by atoms with Crippen LogP contribution in [0.25, 0.3) is 0 Å². The summed E-state index contributed by atoms with van der Waals surface area (Å²) in [7, 11) is 0. The molecule has 21 heavy (non-hydrogen) atoms. The molecule has 2 aromatic rings. The molecule has 0 saturated carbocycles. The molecule has 1 aromatic carbocycles. The summed E-state index contributed by atoms with van der Waals surface area (Å²) in [5, 5.41) is 2.67. The Labute approximate surface area is 120 Å². The first-order valence-corrected chi connectivity index (χ1v) is 5.93. The monoisotopic (exact) mass is 286 g/mol. The Kier molecular flexibility index (Phi) is 4.20. The second kappa shape index (κ2) is 6.24. The fraction of sp³-hybridized carbons (Fsp3) is 0. The molecule has 0 bridgehead atoms. The predicted molar refractivity (Wildman–Crippen MR) is 80.2 cm³/mol. The molecule has 8 heteroatoms. The van der Waals surface area contributed by atoms with Crippen molar-refractivity contribution in [1.82, 2.24) is 0 Å². The third-order valence-electron chi connectivity index (χ3n) is 2.34. The van der Waals surface area contributed by atoms with E-state index in [0.29, 0.717) is 11.4 Å². The first-order chi connectivity index (χ1) is 10.0. The summed E-state index contributed by atoms with van der Waals surface area (Å²) >= 11 is 0. The maximum atomic E-state index is 11.8. The molecule has 0 fully saturated rings. The van der Waals surface area contributed by atoms with E-state index in [4.69, 9.17) is 21.6 Å². The van der Waals surface area contributed by atoms with Crippen LogP contribution in [0.4, 0.5) is 11.4 Å². The summed E-state index contributed by atoms with van der Waals surface area (Å²) in [6.45, 7) is 0. The average Bonchev–Trinajstić information content (AvgIpc) is 2.91. The number of amides is 1. The molecular weight excluding hydrogens is 272 g/mol. The molecule has 0 aliphatic heterocycles. The van der Waals surface area contributed by atoms with E-state index in [1.165, 1.54) is 6.26 Å². The first kappa shape index (κ1) is 14.1. The Morgan fingerprint density at radius 2 is 1.95 bits per heavy atom. The van der Waals surface area contributed by atoms with Crippen molar-refractivity contribution in [2.45, 2.75) is 0 Å². The zero-order valence-corrected chi connectivity index (χ0v) is 11.0. The lowest BCUT2D eigenvalue weighted by Crippen LogP contribution is -2.26. The molecule has 0 atom stereocenters. The number of aliphatic imine (C=N–C) groups is 2. The molecule has 0 aliphatic carbocycles. The average molecular weight is 286 g/mol. The summed E-state index contributed by atoms with van der Waals surface area (Å²) in [6, 6.07) is 9.92. The van der Waals surface area contributed by atoms with Gasteiger partial charge in [0.05, 0.1) is 12.0 Å². The summed E-state index contributed by atoms with van der Waals surface area (Å²) < 4.78 is 5.00. The molecule has 8 nitrogen and oxygen atoms in total. The third kappa shape index (κ3) is 4.10. The van der Waals surface area contributed by atoms with Gasteiger partial charge in [-0.3, -0.25) is 4.79 Å². The number of anilines is 1. The second-order valence-electron chi connectivity index (χ2n) is 3.99. The SMILES string of the molecule is NC(N)=NC(N)=Nc1cccc(NC(=O)c2ccco2)c1. The fourth-order valence-electron chi connectivity index (χ4n) is 1.54. The minimum absolute atomic E-state index is 0.0792. The van der Waals surface area contributed by atoms with Crippen LogP contribution in [-0.2, 0) is 0 Å². The van der Waals surface area contributed by atoms with E-state index in [-0.39, 0.29) is 23.6 Å². The van der Waals surface area contributed by atoms with Gasteiger partial charge in [-0.05, 0) is 30.3 Å². The standard InChI is InChI=1S/C13H14N6O2/c14-12(15)19-13(16)18-9-4-1-3-8(7-9)17-11(20)10-5-2-6-21-10/h1-7H,(H,17,20)(H6,14,15,16,18,19). The van der Waals surface area contributed by atoms with Crippen molar-refractivity contribution in [3.63, 3.8) is 0 Å². The summed E-state index contributed by atoms with van der Waals surface area (Å²) in [5.41, 5.74) is 17.0. The number of guanidine groups is 2. The van der Waals surface area contributed by atoms with Crippen LogP contribution in [0.2, 0.25) is 0 Å². The Bertz CT molecular complexity index is 686. The van der Waals surface area contributed by atoms with Gasteiger partial charge in [0.25, 0.3) is 5.91 Å². The summed E-state index contributed by atoms with van der Waals surface area (Å²) in [5.74, 6) is -0.412. The van der Waals surface area contributed by atoms with Gasteiger partial charge in [-0.1, -0.05) is 6.07 Å². The minimum Gasteiger partial charge on any atom is -0.459 e. The van der Waals surface area contributed by atoms with Crippen molar-refractivity contribution in [1.29, 1.82) is 0 Å². The first-order valence-electron chi connectivity index (χ1n) is 5.93. The number of furan rings is 1. The molecule has 0 radical (unpaired) electrons. The highest BCUT2D eigenvalue weighted by molar-refractivity contribution is 6.02. The smallest absolute Gasteiger partial charge is 0.291 e. The fourth-order valence-corrected chi connectivity index (χ4v) is 1.54. The number of carbonyl (C=O) groups is 1. The van der Waals surface area contributed by atoms with Crippen LogP contribution in [0.3, 0.4) is 0 Å². The van der Waals surface area contributed by atoms with Crippen LogP contribution in [0.15, 0.2) is 57.1 Å². The van der Waals surface area contributed by atoms with Gasteiger partial charge in [0.1, 0.15) is 0 Å². The van der Waals surface area contributed by atoms with Crippen LogP contribution in [0, 0.1) is 0 Å². The number of benzene rings is 1. The number of rotatable bonds is 3. The highest BCUT2D eigenvalue weighted by atomic mass is 16.3. The van der Waals surface area contributed by atoms with E-state index in [0.717, 1.165) is 0 Å². The zero-order valence-electron chi connectivity index (χ0n) is 11.0. The predicted octanol–water partition coefficient (Wildman–Crippen LogP) is 0.752. The maximum Gasteiger partial charge on any atom is 0.291 e. The van der Waals surface area contributed by atoms with Crippen LogP contribution in [0.1, 0.15) is 10.6 Å². The highest BCUT2D eigenvalue weighted by Crippen LogP contribution is 2.18. The molecule has 0 aliphatic rings. The van der Waals surface area contributed by atoms with Gasteiger partial charge >= 0.3 is 0 Å². The lowest BCUT2D eigenvalue weighted by Gasteiger charge is -2.04. The van der Waals surface area contributed by atoms with Crippen LogP contribution in [-0.4, -0.2) is 17.8 Å². The van der Waals surface area contributed by atoms with Crippen LogP contribution < -0.4 is 22.5 Å². The van der Waals surface area contributed by atoms with Gasteiger partial charge in [0.15, 0.2) is 11.7 Å². The summed E-state index contributed by atoms with van der Waals surface area (Å²) in [6.07, 6.45) is 1.42. The number of nitrogens with two attached hydrogens (primary N) is 3. The molecule has 0 unspecified atom stereocenters. The topological polar surface area (TPSA) is 145 Å². The van der Waals surface area contributed by atoms with E-state index >= 15 is 0 Å². The molecule has 2 rings (SSSR count). The van der Waals surface area contributed by atoms with Gasteiger partial charge < -0.3 is 26.9 Å². The number of nitrogens with zero attached hydrogens (tertiary/aromatic N) is 2. The maximum absolute atomic E-state index is 11.8. The number of hydrogen-bond donors (Lipinski definition) is 4. The Morgan fingerprint density at radius 1 is 1.14 bits per heavy atom. The number of hydrogen-bond acceptors (Lipinski definition) is 3. The molecule has 0 spiro atoms. The molecule has 7 N–H and O–H groups in total. The normalized spacial score (nSPS) is 11.0. The third-order valence-corrected chi connectivity index (χ3v) is 2.34. The van der Waals surface area contributed by atoms with Crippen molar-refractivity contribution in [3.8, 4) is 0 Å². The highest BCUT2D eigenvalue weighted by Gasteiger charge is 2.08. The number of carbonyl (C=O) groups excluding carboxylic acids is 1. The number of nitrogens with one attached hydrogen (secondary N) is 1. The van der Waals surface area contributed by atoms with Crippen LogP contribution in [0.5, 0.6) is 0 Å². The van der Waals surface area contributed by atoms with Gasteiger partial charge in [-0.15, -0.1) is 0 Å². The zero-order chi connectivity index (χ0) is 15.2. The second-order valence-corrected chi connectivity index (χ2v) is 3.99. The van der Waals surface area contributed by atoms with Crippen molar-refractivity contribution in [3.05, 3.63) is 48.4 Å². The van der Waals surface area contributed by atoms with Gasteiger partial charge in [0.2, 0.25) is 5.96 Å².